The van der Waals surface area contributed by atoms with Crippen LogP contribution >= 0.6 is 0 Å². The van der Waals surface area contributed by atoms with Gasteiger partial charge in [0, 0.05) is 25.1 Å². The van der Waals surface area contributed by atoms with Crippen molar-refractivity contribution in [3.05, 3.63) is 42.7 Å². The van der Waals surface area contributed by atoms with E-state index >= 15 is 0 Å². The van der Waals surface area contributed by atoms with Crippen molar-refractivity contribution in [1.29, 1.82) is 0 Å². The maximum Gasteiger partial charge on any atom is 0.247 e. The summed E-state index contributed by atoms with van der Waals surface area (Å²) in [7, 11) is 0. The lowest BCUT2D eigenvalue weighted by molar-refractivity contribution is -0.118. The highest BCUT2D eigenvalue weighted by Crippen LogP contribution is 2.27. The van der Waals surface area contributed by atoms with Crippen LogP contribution in [0.2, 0.25) is 0 Å². The van der Waals surface area contributed by atoms with Crippen molar-refractivity contribution in [2.75, 3.05) is 18.5 Å². The van der Waals surface area contributed by atoms with E-state index in [9.17, 15) is 9.18 Å². The number of hydrogen-bond donors (Lipinski definition) is 1. The quantitative estimate of drug-likeness (QED) is 0.883. The molecule has 0 radical (unpaired) electrons. The predicted octanol–water partition coefficient (Wildman–Crippen LogP) is 2.78. The van der Waals surface area contributed by atoms with Gasteiger partial charge in [-0.15, -0.1) is 0 Å². The molecule has 1 saturated heterocycles. The second-order valence-corrected chi connectivity index (χ2v) is 5.76. The van der Waals surface area contributed by atoms with Gasteiger partial charge in [-0.3, -0.25) is 4.79 Å². The molecule has 0 saturated carbocycles. The van der Waals surface area contributed by atoms with Crippen LogP contribution in [0, 0.1) is 5.82 Å². The molecule has 24 heavy (non-hydrogen) atoms. The van der Waals surface area contributed by atoms with Crippen molar-refractivity contribution in [3.63, 3.8) is 0 Å². The molecule has 2 atom stereocenters. The van der Waals surface area contributed by atoms with Gasteiger partial charge >= 0.3 is 0 Å². The molecule has 7 heteroatoms. The van der Waals surface area contributed by atoms with Crippen molar-refractivity contribution < 1.29 is 18.7 Å². The average molecular weight is 333 g/mol. The van der Waals surface area contributed by atoms with Gasteiger partial charge in [0.05, 0.1) is 18.1 Å². The number of carbonyl (C=O) groups excluding carboxylic acids is 1. The minimum Gasteiger partial charge on any atom is -0.489 e. The topological polar surface area (TPSA) is 65.4 Å². The summed E-state index contributed by atoms with van der Waals surface area (Å²) >= 11 is 0. The molecular formula is C17H20FN3O3. The van der Waals surface area contributed by atoms with E-state index in [1.807, 2.05) is 0 Å². The molecule has 1 aliphatic rings. The monoisotopic (exact) mass is 333 g/mol. The molecule has 1 N–H and O–H groups in total. The fourth-order valence-corrected chi connectivity index (χ4v) is 2.56. The van der Waals surface area contributed by atoms with Crippen molar-refractivity contribution in [2.45, 2.75) is 31.9 Å². The van der Waals surface area contributed by atoms with E-state index in [0.717, 1.165) is 19.4 Å². The van der Waals surface area contributed by atoms with Crippen LogP contribution in [-0.4, -0.2) is 34.8 Å². The number of anilines is 1. The zero-order valence-corrected chi connectivity index (χ0v) is 13.4. The number of nitrogens with one attached hydrogen (secondary N) is 1. The number of rotatable bonds is 6. The number of amides is 1. The van der Waals surface area contributed by atoms with E-state index in [2.05, 4.69) is 10.3 Å². The lowest BCUT2D eigenvalue weighted by atomic mass is 10.2. The second kappa shape index (κ2) is 7.44. The molecule has 0 spiro atoms. The van der Waals surface area contributed by atoms with Crippen LogP contribution in [-0.2, 0) is 9.53 Å². The number of carbonyl (C=O) groups is 1. The summed E-state index contributed by atoms with van der Waals surface area (Å²) in [6.07, 6.45) is 6.87. The minimum atomic E-state index is -0.471. The number of ether oxygens (including phenoxy) is 2. The van der Waals surface area contributed by atoms with Gasteiger partial charge in [0.25, 0.3) is 0 Å². The summed E-state index contributed by atoms with van der Waals surface area (Å²) in [6.45, 7) is 2.86. The Morgan fingerprint density at radius 2 is 2.46 bits per heavy atom. The number of benzene rings is 1. The van der Waals surface area contributed by atoms with Crippen LogP contribution in [0.4, 0.5) is 10.1 Å². The van der Waals surface area contributed by atoms with E-state index in [0.29, 0.717) is 18.0 Å². The van der Waals surface area contributed by atoms with E-state index in [-0.39, 0.29) is 12.0 Å². The molecule has 0 bridgehead atoms. The van der Waals surface area contributed by atoms with Gasteiger partial charge in [0.1, 0.15) is 24.2 Å². The third-order valence-corrected chi connectivity index (χ3v) is 4.00. The second-order valence-electron chi connectivity index (χ2n) is 5.76. The van der Waals surface area contributed by atoms with Crippen molar-refractivity contribution in [3.8, 4) is 5.75 Å². The highest BCUT2D eigenvalue weighted by molar-refractivity contribution is 5.94. The van der Waals surface area contributed by atoms with E-state index < -0.39 is 11.9 Å². The molecule has 1 aliphatic heterocycles. The standard InChI is InChI=1S/C17H20FN3O3/c1-12(21-7-6-19-11-21)17(22)20-15-9-13(18)4-5-16(15)24-10-14-3-2-8-23-14/h4-7,9,11-12,14H,2-3,8,10H2,1H3,(H,20,22). The van der Waals surface area contributed by atoms with Crippen LogP contribution in [0.15, 0.2) is 36.9 Å². The highest BCUT2D eigenvalue weighted by Gasteiger charge is 2.19. The summed E-state index contributed by atoms with van der Waals surface area (Å²) in [5.41, 5.74) is 0.310. The molecule has 1 aromatic carbocycles. The third-order valence-electron chi connectivity index (χ3n) is 4.00. The molecule has 1 fully saturated rings. The first-order chi connectivity index (χ1) is 11.6. The van der Waals surface area contributed by atoms with E-state index in [1.54, 1.807) is 30.2 Å². The summed E-state index contributed by atoms with van der Waals surface area (Å²) in [4.78, 5) is 16.3. The lowest BCUT2D eigenvalue weighted by Crippen LogP contribution is -2.24. The number of halogens is 1. The number of aromatic nitrogens is 2. The normalized spacial score (nSPS) is 18.3. The molecular weight excluding hydrogens is 313 g/mol. The molecule has 1 amide bonds. The minimum absolute atomic E-state index is 0.0449. The fraction of sp³-hybridized carbons (Fsp3) is 0.412. The number of hydrogen-bond acceptors (Lipinski definition) is 4. The van der Waals surface area contributed by atoms with Gasteiger partial charge in [-0.2, -0.15) is 0 Å². The van der Waals surface area contributed by atoms with Crippen molar-refractivity contribution >= 4 is 11.6 Å². The Labute approximate surface area is 139 Å². The summed E-state index contributed by atoms with van der Waals surface area (Å²) in [6, 6.07) is 3.60. The summed E-state index contributed by atoms with van der Waals surface area (Å²) in [5.74, 6) is -0.288. The van der Waals surface area contributed by atoms with Crippen LogP contribution in [0.25, 0.3) is 0 Å². The Morgan fingerprint density at radius 3 is 3.17 bits per heavy atom. The molecule has 2 heterocycles. The van der Waals surface area contributed by atoms with Crippen LogP contribution in [0.1, 0.15) is 25.8 Å². The highest BCUT2D eigenvalue weighted by atomic mass is 19.1. The zero-order chi connectivity index (χ0) is 16.9. The zero-order valence-electron chi connectivity index (χ0n) is 13.4. The third kappa shape index (κ3) is 3.91. The molecule has 6 nitrogen and oxygen atoms in total. The first-order valence-corrected chi connectivity index (χ1v) is 7.96. The lowest BCUT2D eigenvalue weighted by Gasteiger charge is -2.17. The fourth-order valence-electron chi connectivity index (χ4n) is 2.56. The molecule has 128 valence electrons. The van der Waals surface area contributed by atoms with Gasteiger partial charge in [-0.25, -0.2) is 9.37 Å². The SMILES string of the molecule is CC(C(=O)Nc1cc(F)ccc1OCC1CCCO1)n1ccnc1. The van der Waals surface area contributed by atoms with Crippen LogP contribution in [0.5, 0.6) is 5.75 Å². The maximum atomic E-state index is 13.6. The van der Waals surface area contributed by atoms with Crippen molar-refractivity contribution in [2.24, 2.45) is 0 Å². The van der Waals surface area contributed by atoms with Crippen molar-refractivity contribution in [1.82, 2.24) is 9.55 Å². The van der Waals surface area contributed by atoms with Crippen LogP contribution < -0.4 is 10.1 Å². The Bertz CT molecular complexity index is 684. The van der Waals surface area contributed by atoms with Gasteiger partial charge in [0.15, 0.2) is 0 Å². The Kier molecular flexibility index (Phi) is 5.10. The Hall–Kier alpha value is -2.41. The van der Waals surface area contributed by atoms with Gasteiger partial charge in [-0.1, -0.05) is 0 Å². The molecule has 0 aliphatic carbocycles. The Morgan fingerprint density at radius 1 is 1.58 bits per heavy atom. The molecule has 3 rings (SSSR count). The van der Waals surface area contributed by atoms with Crippen LogP contribution in [0.3, 0.4) is 0 Å². The van der Waals surface area contributed by atoms with Gasteiger partial charge < -0.3 is 19.4 Å². The van der Waals surface area contributed by atoms with Gasteiger partial charge in [0.2, 0.25) is 5.91 Å². The van der Waals surface area contributed by atoms with E-state index in [1.165, 1.54) is 18.2 Å². The Balaban J connectivity index is 1.69. The van der Waals surface area contributed by atoms with Gasteiger partial charge in [-0.05, 0) is 31.9 Å². The first kappa shape index (κ1) is 16.4. The predicted molar refractivity (Wildman–Crippen MR) is 86.4 cm³/mol. The number of imidazole rings is 1. The largest absolute Gasteiger partial charge is 0.489 e. The average Bonchev–Trinajstić information content (AvgIpc) is 3.27. The molecule has 1 aromatic heterocycles. The summed E-state index contributed by atoms with van der Waals surface area (Å²) in [5, 5.41) is 2.72. The maximum absolute atomic E-state index is 13.6. The molecule has 2 aromatic rings. The smallest absolute Gasteiger partial charge is 0.247 e. The summed E-state index contributed by atoms with van der Waals surface area (Å²) < 4.78 is 26.5. The number of nitrogens with zero attached hydrogens (tertiary/aromatic N) is 2. The van der Waals surface area contributed by atoms with E-state index in [4.69, 9.17) is 9.47 Å². The first-order valence-electron chi connectivity index (χ1n) is 7.96. The molecule has 2 unspecified atom stereocenters.